The second kappa shape index (κ2) is 16.6. The summed E-state index contributed by atoms with van der Waals surface area (Å²) in [6, 6.07) is 13.8. The van der Waals surface area contributed by atoms with Gasteiger partial charge in [-0.2, -0.15) is 0 Å². The van der Waals surface area contributed by atoms with Gasteiger partial charge in [0.1, 0.15) is 12.1 Å². The maximum absolute atomic E-state index is 13.2. The molecule has 0 saturated heterocycles. The number of aromatic nitrogens is 3. The zero-order chi connectivity index (χ0) is 32.3. The van der Waals surface area contributed by atoms with Crippen molar-refractivity contribution in [1.29, 1.82) is 0 Å². The number of carbonyl (C=O) groups is 2. The summed E-state index contributed by atoms with van der Waals surface area (Å²) in [6.07, 6.45) is 9.00. The molecule has 2 heterocycles. The van der Waals surface area contributed by atoms with E-state index in [2.05, 4.69) is 35.5 Å². The molecule has 0 bridgehead atoms. The Morgan fingerprint density at radius 2 is 1.78 bits per heavy atom. The third-order valence-corrected chi connectivity index (χ3v) is 8.67. The maximum atomic E-state index is 13.2. The molecule has 0 spiro atoms. The molecule has 0 fully saturated rings. The molecule has 0 aliphatic carbocycles. The molecule has 0 unspecified atom stereocenters. The molecule has 11 heteroatoms. The Bertz CT molecular complexity index is 1550. The molecule has 2 N–H and O–H groups in total. The Labute approximate surface area is 270 Å². The van der Waals surface area contributed by atoms with E-state index in [-0.39, 0.29) is 18.4 Å². The second-order valence-electron chi connectivity index (χ2n) is 11.3. The second-order valence-corrected chi connectivity index (χ2v) is 12.1. The van der Waals surface area contributed by atoms with Crippen molar-refractivity contribution in [3.63, 3.8) is 0 Å². The van der Waals surface area contributed by atoms with Crippen molar-refractivity contribution in [1.82, 2.24) is 23.3 Å². The Balaban J connectivity index is 1.63. The Morgan fingerprint density at radius 1 is 1.04 bits per heavy atom. The highest BCUT2D eigenvalue weighted by atomic mass is 32.2. The number of para-hydroxylation sites is 1. The van der Waals surface area contributed by atoms with Crippen molar-refractivity contribution >= 4 is 34.9 Å². The van der Waals surface area contributed by atoms with Crippen molar-refractivity contribution in [2.24, 2.45) is 12.2 Å². The zero-order valence-corrected chi connectivity index (χ0v) is 27.9. The third-order valence-electron chi connectivity index (χ3n) is 8.13. The largest absolute Gasteiger partial charge is 0.483 e. The van der Waals surface area contributed by atoms with Crippen LogP contribution in [0.2, 0.25) is 0 Å². The normalized spacial score (nSPS) is 11.6. The van der Waals surface area contributed by atoms with E-state index in [9.17, 15) is 9.59 Å². The fourth-order valence-corrected chi connectivity index (χ4v) is 5.89. The topological polar surface area (TPSA) is 108 Å². The molecule has 2 aromatic heterocycles. The van der Waals surface area contributed by atoms with Crippen LogP contribution in [0.15, 0.2) is 61.2 Å². The standard InChI is InChI=1S/C34H46N6O4S/c1-6-10-25(11-7-2)32-27-15-14-26(34(42)40-17-16-36-24-40)22-29(27)39(5)33(32)28-12-8-9-13-30(28)44-23-31(41)37(3)18-20-43-21-19-38(4)45-35/h8-9,12-17,22,24-25H,6-7,10-11,18-21,23,35H2,1-5H3. The predicted octanol–water partition coefficient (Wildman–Crippen LogP) is 5.72. The Hall–Kier alpha value is -3.64. The van der Waals surface area contributed by atoms with Crippen molar-refractivity contribution < 1.29 is 19.1 Å². The van der Waals surface area contributed by atoms with E-state index >= 15 is 0 Å². The fourth-order valence-electron chi connectivity index (χ4n) is 5.71. The van der Waals surface area contributed by atoms with Gasteiger partial charge in [-0.05, 0) is 55.6 Å². The van der Waals surface area contributed by atoms with Crippen LogP contribution in [0, 0.1) is 0 Å². The maximum Gasteiger partial charge on any atom is 0.263 e. The van der Waals surface area contributed by atoms with Gasteiger partial charge in [0.25, 0.3) is 11.8 Å². The molecule has 0 atom stereocenters. The first-order valence-electron chi connectivity index (χ1n) is 15.6. The van der Waals surface area contributed by atoms with Gasteiger partial charge in [-0.3, -0.25) is 19.3 Å². The molecule has 4 aromatic rings. The van der Waals surface area contributed by atoms with Crippen LogP contribution < -0.4 is 9.88 Å². The van der Waals surface area contributed by atoms with Crippen molar-refractivity contribution in [3.05, 3.63) is 72.3 Å². The van der Waals surface area contributed by atoms with Gasteiger partial charge >= 0.3 is 0 Å². The van der Waals surface area contributed by atoms with Crippen LogP contribution in [0.5, 0.6) is 5.75 Å². The van der Waals surface area contributed by atoms with Crippen LogP contribution in [0.4, 0.5) is 0 Å². The van der Waals surface area contributed by atoms with E-state index in [1.807, 2.05) is 48.7 Å². The van der Waals surface area contributed by atoms with Crippen LogP contribution in [-0.2, 0) is 16.6 Å². The first-order valence-corrected chi connectivity index (χ1v) is 16.4. The minimum Gasteiger partial charge on any atom is -0.483 e. The van der Waals surface area contributed by atoms with Gasteiger partial charge in [0.2, 0.25) is 0 Å². The van der Waals surface area contributed by atoms with E-state index in [1.54, 1.807) is 24.3 Å². The van der Waals surface area contributed by atoms with Crippen molar-refractivity contribution in [2.75, 3.05) is 47.0 Å². The number of nitrogens with two attached hydrogens (primary N) is 1. The van der Waals surface area contributed by atoms with Gasteiger partial charge in [0.05, 0.1) is 18.9 Å². The van der Waals surface area contributed by atoms with Gasteiger partial charge in [0.15, 0.2) is 6.61 Å². The molecule has 0 saturated carbocycles. The van der Waals surface area contributed by atoms with Crippen LogP contribution >= 0.6 is 12.1 Å². The Kier molecular flexibility index (Phi) is 12.6. The zero-order valence-electron chi connectivity index (χ0n) is 27.1. The number of imidazole rings is 1. The van der Waals surface area contributed by atoms with Gasteiger partial charge < -0.3 is 18.9 Å². The van der Waals surface area contributed by atoms with E-state index in [1.165, 1.54) is 16.5 Å². The molecule has 242 valence electrons. The quantitative estimate of drug-likeness (QED) is 0.116. The number of nitrogens with zero attached hydrogens (tertiary/aromatic N) is 5. The number of carbonyl (C=O) groups excluding carboxylic acids is 2. The molecular formula is C34H46N6O4S. The number of ether oxygens (including phenoxy) is 2. The number of fused-ring (bicyclic) bond motifs is 1. The summed E-state index contributed by atoms with van der Waals surface area (Å²) in [5.74, 6) is 0.721. The number of amides is 1. The van der Waals surface area contributed by atoms with Crippen LogP contribution in [0.3, 0.4) is 0 Å². The molecule has 0 radical (unpaired) electrons. The van der Waals surface area contributed by atoms with E-state index in [0.29, 0.717) is 43.5 Å². The monoisotopic (exact) mass is 634 g/mol. The average molecular weight is 635 g/mol. The molecule has 45 heavy (non-hydrogen) atoms. The van der Waals surface area contributed by atoms with Crippen molar-refractivity contribution in [2.45, 2.75) is 45.4 Å². The van der Waals surface area contributed by atoms with Crippen LogP contribution in [-0.4, -0.2) is 82.1 Å². The van der Waals surface area contributed by atoms with Gasteiger partial charge in [0, 0.05) is 73.7 Å². The number of hydrogen-bond acceptors (Lipinski definition) is 8. The summed E-state index contributed by atoms with van der Waals surface area (Å²) in [7, 11) is 5.70. The van der Waals surface area contributed by atoms with Gasteiger partial charge in [-0.15, -0.1) is 0 Å². The third kappa shape index (κ3) is 8.35. The molecule has 4 rings (SSSR count). The number of benzene rings is 2. The minimum atomic E-state index is -0.129. The highest BCUT2D eigenvalue weighted by Crippen LogP contribution is 2.44. The van der Waals surface area contributed by atoms with E-state index in [0.717, 1.165) is 60.0 Å². The first-order chi connectivity index (χ1) is 21.8. The fraction of sp³-hybridized carbons (Fsp3) is 0.441. The van der Waals surface area contributed by atoms with E-state index in [4.69, 9.17) is 14.6 Å². The molecule has 0 aliphatic heterocycles. The lowest BCUT2D eigenvalue weighted by Gasteiger charge is -2.21. The van der Waals surface area contributed by atoms with Gasteiger partial charge in [-0.25, -0.2) is 9.29 Å². The number of rotatable bonds is 17. The average Bonchev–Trinajstić information content (AvgIpc) is 3.69. The van der Waals surface area contributed by atoms with Crippen LogP contribution in [0.25, 0.3) is 22.2 Å². The Morgan fingerprint density at radius 3 is 2.47 bits per heavy atom. The number of likely N-dealkylation sites (N-methyl/N-ethyl adjacent to an activating group) is 2. The minimum absolute atomic E-state index is 0.0871. The summed E-state index contributed by atoms with van der Waals surface area (Å²) in [5, 5.41) is 6.65. The smallest absolute Gasteiger partial charge is 0.263 e. The summed E-state index contributed by atoms with van der Waals surface area (Å²) < 4.78 is 17.4. The van der Waals surface area contributed by atoms with Crippen molar-refractivity contribution in [3.8, 4) is 17.0 Å². The lowest BCUT2D eigenvalue weighted by Crippen LogP contribution is -2.34. The molecule has 0 aliphatic rings. The highest BCUT2D eigenvalue weighted by Gasteiger charge is 2.26. The summed E-state index contributed by atoms with van der Waals surface area (Å²) in [6.45, 7) is 6.49. The molecule has 10 nitrogen and oxygen atoms in total. The van der Waals surface area contributed by atoms with E-state index < -0.39 is 0 Å². The lowest BCUT2D eigenvalue weighted by molar-refractivity contribution is -0.132. The first kappa shape index (κ1) is 34.2. The lowest BCUT2D eigenvalue weighted by atomic mass is 9.86. The summed E-state index contributed by atoms with van der Waals surface area (Å²) >= 11 is 1.16. The highest BCUT2D eigenvalue weighted by molar-refractivity contribution is 7.94. The number of aryl methyl sites for hydroxylation is 1. The summed E-state index contributed by atoms with van der Waals surface area (Å²) in [4.78, 5) is 31.9. The predicted molar refractivity (Wildman–Crippen MR) is 181 cm³/mol. The molecule has 2 aromatic carbocycles. The van der Waals surface area contributed by atoms with Gasteiger partial charge in [-0.1, -0.05) is 44.9 Å². The summed E-state index contributed by atoms with van der Waals surface area (Å²) in [5.41, 5.74) is 4.80. The van der Waals surface area contributed by atoms with Crippen LogP contribution in [0.1, 0.15) is 61.4 Å². The SMILES string of the molecule is CCCC(CCC)c1c(-c2ccccc2OCC(=O)N(C)CCOCCN(C)SN)n(C)c2cc(C(=O)n3ccnc3)ccc12. The molecular weight excluding hydrogens is 588 g/mol. The number of hydrogen-bond donors (Lipinski definition) is 1. The molecule has 1 amide bonds.